The minimum absolute atomic E-state index is 0.0618. The van der Waals surface area contributed by atoms with Crippen molar-refractivity contribution in [2.75, 3.05) is 13.7 Å². The van der Waals surface area contributed by atoms with Crippen molar-refractivity contribution in [3.8, 4) is 5.75 Å². The van der Waals surface area contributed by atoms with Crippen LogP contribution in [0.1, 0.15) is 11.1 Å². The maximum absolute atomic E-state index is 13.3. The van der Waals surface area contributed by atoms with E-state index < -0.39 is 17.4 Å². The summed E-state index contributed by atoms with van der Waals surface area (Å²) in [4.78, 5) is 28.2. The fourth-order valence-electron chi connectivity index (χ4n) is 4.93. The van der Waals surface area contributed by atoms with Gasteiger partial charge in [-0.25, -0.2) is 0 Å². The van der Waals surface area contributed by atoms with Gasteiger partial charge < -0.3 is 19.7 Å². The number of hydrogen-bond acceptors (Lipinski definition) is 4. The molecule has 4 atom stereocenters. The lowest BCUT2D eigenvalue weighted by Crippen LogP contribution is -2.43. The van der Waals surface area contributed by atoms with Gasteiger partial charge in [-0.2, -0.15) is 0 Å². The highest BCUT2D eigenvalue weighted by atomic mass is 35.5. The number of carbonyl (C=O) groups excluding carboxylic acids is 2. The first-order chi connectivity index (χ1) is 15.0. The third-order valence-electron chi connectivity index (χ3n) is 6.40. The van der Waals surface area contributed by atoms with Crippen LogP contribution in [0.2, 0.25) is 5.02 Å². The third-order valence-corrected chi connectivity index (χ3v) is 6.77. The van der Waals surface area contributed by atoms with Crippen LogP contribution >= 0.6 is 11.6 Å². The molecule has 0 aliphatic carbocycles. The van der Waals surface area contributed by atoms with Gasteiger partial charge in [0.2, 0.25) is 11.8 Å². The highest BCUT2D eigenvalue weighted by Gasteiger charge is 2.66. The maximum atomic E-state index is 13.3. The molecule has 2 bridgehead atoms. The molecule has 31 heavy (non-hydrogen) atoms. The molecule has 160 valence electrons. The summed E-state index contributed by atoms with van der Waals surface area (Å²) in [6, 6.07) is 15.0. The highest BCUT2D eigenvalue weighted by Crippen LogP contribution is 2.52. The molecule has 2 aromatic rings. The molecular weight excluding hydrogens is 416 g/mol. The summed E-state index contributed by atoms with van der Waals surface area (Å²) in [5.74, 6) is -0.557. The number of nitrogens with one attached hydrogen (secondary N) is 1. The summed E-state index contributed by atoms with van der Waals surface area (Å²) in [6.45, 7) is 1.19. The molecule has 5 rings (SSSR count). The Kier molecular flexibility index (Phi) is 4.99. The fourth-order valence-corrected chi connectivity index (χ4v) is 5.13. The van der Waals surface area contributed by atoms with E-state index in [0.717, 1.165) is 16.9 Å². The van der Waals surface area contributed by atoms with Crippen molar-refractivity contribution in [1.82, 2.24) is 10.2 Å². The standard InChI is InChI=1S/C24H23ClN2O4/c1-30-17-7-4-5-15(11-17)12-26-22(28)20-19-9-10-24(31-19)14-27(23(29)21(20)24)13-16-6-2-3-8-18(16)25/h2-11,19-21H,12-14H2,1H3,(H,26,28)/t19?,20-,21+,24?/m1/s1. The van der Waals surface area contributed by atoms with Crippen LogP contribution in [-0.2, 0) is 27.4 Å². The van der Waals surface area contributed by atoms with E-state index in [4.69, 9.17) is 21.1 Å². The Balaban J connectivity index is 1.32. The van der Waals surface area contributed by atoms with Crippen molar-refractivity contribution < 1.29 is 19.1 Å². The van der Waals surface area contributed by atoms with Crippen molar-refractivity contribution in [2.24, 2.45) is 11.8 Å². The number of rotatable bonds is 6. The summed E-state index contributed by atoms with van der Waals surface area (Å²) in [6.07, 6.45) is 3.50. The van der Waals surface area contributed by atoms with Gasteiger partial charge in [0.1, 0.15) is 11.4 Å². The molecule has 3 aliphatic heterocycles. The molecule has 7 heteroatoms. The third kappa shape index (κ3) is 3.40. The Morgan fingerprint density at radius 1 is 1.29 bits per heavy atom. The predicted octanol–water partition coefficient (Wildman–Crippen LogP) is 2.95. The van der Waals surface area contributed by atoms with E-state index in [-0.39, 0.29) is 17.9 Å². The molecule has 3 heterocycles. The van der Waals surface area contributed by atoms with Crippen LogP contribution in [-0.4, -0.2) is 42.1 Å². The zero-order valence-corrected chi connectivity index (χ0v) is 17.8. The Labute approximate surface area is 185 Å². The van der Waals surface area contributed by atoms with Gasteiger partial charge in [0.25, 0.3) is 0 Å². The van der Waals surface area contributed by atoms with Gasteiger partial charge in [0, 0.05) is 18.1 Å². The number of amides is 2. The smallest absolute Gasteiger partial charge is 0.230 e. The lowest BCUT2D eigenvalue weighted by atomic mass is 9.77. The zero-order chi connectivity index (χ0) is 21.6. The number of methoxy groups -OCH3 is 1. The summed E-state index contributed by atoms with van der Waals surface area (Å²) >= 11 is 6.29. The van der Waals surface area contributed by atoms with Crippen molar-refractivity contribution in [1.29, 1.82) is 0 Å². The van der Waals surface area contributed by atoms with Gasteiger partial charge in [0.15, 0.2) is 0 Å². The average Bonchev–Trinajstić information content (AvgIpc) is 3.42. The molecule has 2 saturated heterocycles. The zero-order valence-electron chi connectivity index (χ0n) is 17.1. The lowest BCUT2D eigenvalue weighted by Gasteiger charge is -2.23. The van der Waals surface area contributed by atoms with E-state index in [0.29, 0.717) is 24.7 Å². The van der Waals surface area contributed by atoms with Crippen LogP contribution in [0.5, 0.6) is 5.75 Å². The SMILES string of the molecule is COc1cccc(CNC(=O)[C@@H]2C3C=CC4(CN(Cc5ccccc5Cl)C(=O)[C@H]24)O3)c1. The second-order valence-electron chi connectivity index (χ2n) is 8.26. The quantitative estimate of drug-likeness (QED) is 0.704. The molecule has 0 radical (unpaired) electrons. The van der Waals surface area contributed by atoms with Gasteiger partial charge >= 0.3 is 0 Å². The molecule has 2 aromatic carbocycles. The van der Waals surface area contributed by atoms with Crippen LogP contribution in [0.4, 0.5) is 0 Å². The predicted molar refractivity (Wildman–Crippen MR) is 115 cm³/mol. The van der Waals surface area contributed by atoms with Crippen LogP contribution in [0.15, 0.2) is 60.7 Å². The highest BCUT2D eigenvalue weighted by molar-refractivity contribution is 6.31. The largest absolute Gasteiger partial charge is 0.497 e. The van der Waals surface area contributed by atoms with E-state index in [9.17, 15) is 9.59 Å². The number of hydrogen-bond donors (Lipinski definition) is 1. The first-order valence-corrected chi connectivity index (χ1v) is 10.7. The fraction of sp³-hybridized carbons (Fsp3) is 0.333. The number of nitrogens with zero attached hydrogens (tertiary/aromatic N) is 1. The van der Waals surface area contributed by atoms with E-state index in [1.165, 1.54) is 0 Å². The minimum Gasteiger partial charge on any atom is -0.497 e. The lowest BCUT2D eigenvalue weighted by molar-refractivity contribution is -0.137. The van der Waals surface area contributed by atoms with E-state index >= 15 is 0 Å². The Hall–Kier alpha value is -2.83. The van der Waals surface area contributed by atoms with Crippen LogP contribution in [0, 0.1) is 11.8 Å². The molecule has 2 unspecified atom stereocenters. The Morgan fingerprint density at radius 3 is 2.94 bits per heavy atom. The first kappa shape index (κ1) is 20.1. The van der Waals surface area contributed by atoms with E-state index in [2.05, 4.69) is 5.32 Å². The second kappa shape index (κ2) is 7.70. The molecule has 1 N–H and O–H groups in total. The molecular formula is C24H23ClN2O4. The van der Waals surface area contributed by atoms with E-state index in [1.54, 1.807) is 12.0 Å². The maximum Gasteiger partial charge on any atom is 0.230 e. The molecule has 6 nitrogen and oxygen atoms in total. The molecule has 0 saturated carbocycles. The topological polar surface area (TPSA) is 67.9 Å². The van der Waals surface area contributed by atoms with Crippen LogP contribution in [0.25, 0.3) is 0 Å². The number of benzene rings is 2. The number of ether oxygens (including phenoxy) is 2. The van der Waals surface area contributed by atoms with Gasteiger partial charge in [-0.15, -0.1) is 0 Å². The van der Waals surface area contributed by atoms with Crippen LogP contribution < -0.4 is 10.1 Å². The summed E-state index contributed by atoms with van der Waals surface area (Å²) < 4.78 is 11.4. The normalized spacial score (nSPS) is 28.1. The number of halogens is 1. The number of fused-ring (bicyclic) bond motifs is 1. The molecule has 2 amide bonds. The second-order valence-corrected chi connectivity index (χ2v) is 8.66. The molecule has 3 aliphatic rings. The van der Waals surface area contributed by atoms with Gasteiger partial charge in [-0.3, -0.25) is 9.59 Å². The summed E-state index contributed by atoms with van der Waals surface area (Å²) in [5.41, 5.74) is 1.08. The monoisotopic (exact) mass is 438 g/mol. The summed E-state index contributed by atoms with van der Waals surface area (Å²) in [5, 5.41) is 3.60. The van der Waals surface area contributed by atoms with Gasteiger partial charge in [-0.1, -0.05) is 54.1 Å². The number of carbonyl (C=O) groups is 2. The summed E-state index contributed by atoms with van der Waals surface area (Å²) in [7, 11) is 1.61. The van der Waals surface area contributed by atoms with Crippen LogP contribution in [0.3, 0.4) is 0 Å². The molecule has 2 fully saturated rings. The van der Waals surface area contributed by atoms with Crippen molar-refractivity contribution >= 4 is 23.4 Å². The van der Waals surface area contributed by atoms with E-state index in [1.807, 2.05) is 60.7 Å². The molecule has 0 aromatic heterocycles. The Morgan fingerprint density at radius 2 is 2.13 bits per heavy atom. The number of likely N-dealkylation sites (tertiary alicyclic amines) is 1. The van der Waals surface area contributed by atoms with Crippen molar-refractivity contribution in [3.63, 3.8) is 0 Å². The van der Waals surface area contributed by atoms with Gasteiger partial charge in [-0.05, 0) is 29.3 Å². The average molecular weight is 439 g/mol. The van der Waals surface area contributed by atoms with Gasteiger partial charge in [0.05, 0.1) is 31.6 Å². The van der Waals surface area contributed by atoms with Crippen molar-refractivity contribution in [3.05, 3.63) is 76.8 Å². The minimum atomic E-state index is -0.735. The Bertz CT molecular complexity index is 1070. The molecule has 1 spiro atoms. The van der Waals surface area contributed by atoms with Crippen molar-refractivity contribution in [2.45, 2.75) is 24.8 Å². The first-order valence-electron chi connectivity index (χ1n) is 10.3.